The quantitative estimate of drug-likeness (QED) is 0.537. The molecule has 0 bridgehead atoms. The maximum absolute atomic E-state index is 13.1. The fourth-order valence-electron chi connectivity index (χ4n) is 3.54. The van der Waals surface area contributed by atoms with Crippen molar-refractivity contribution in [3.8, 4) is 22.1 Å². The Hall–Kier alpha value is -3.45. The molecule has 0 atom stereocenters. The number of rotatable bonds is 7. The van der Waals surface area contributed by atoms with Crippen molar-refractivity contribution in [3.63, 3.8) is 0 Å². The number of likely N-dealkylation sites (N-methyl/N-ethyl adjacent to an activating group) is 1. The zero-order valence-corrected chi connectivity index (χ0v) is 18.8. The van der Waals surface area contributed by atoms with E-state index in [1.165, 1.54) is 11.3 Å². The molecule has 6 nitrogen and oxygen atoms in total. The van der Waals surface area contributed by atoms with Gasteiger partial charge in [0.25, 0.3) is 5.91 Å². The fraction of sp³-hybridized carbons (Fsp3) is 0.240. The van der Waals surface area contributed by atoms with E-state index in [1.54, 1.807) is 13.2 Å². The standard InChI is InChI=1S/C25H24N2O4S/c1-3-26-22(28)15-31-20-12-9-16(14-21(20)30-2)13-18-10-11-19-24(23(18)29)32-25(27-19)17-7-5-4-6-8-17/h4-9,12-14H,3,10-11,15H2,1-2H3,(H,26,28)/b18-13-. The molecule has 0 fully saturated rings. The van der Waals surface area contributed by atoms with Crippen LogP contribution in [0.5, 0.6) is 11.5 Å². The number of hydrogen-bond donors (Lipinski definition) is 1. The minimum atomic E-state index is -0.191. The van der Waals surface area contributed by atoms with Crippen molar-refractivity contribution in [2.75, 3.05) is 20.3 Å². The van der Waals surface area contributed by atoms with Crippen LogP contribution in [0.2, 0.25) is 0 Å². The van der Waals surface area contributed by atoms with Gasteiger partial charge < -0.3 is 14.8 Å². The summed E-state index contributed by atoms with van der Waals surface area (Å²) in [7, 11) is 1.55. The van der Waals surface area contributed by atoms with Crippen LogP contribution >= 0.6 is 11.3 Å². The molecule has 3 aromatic rings. The Morgan fingerprint density at radius 2 is 1.97 bits per heavy atom. The third kappa shape index (κ3) is 4.73. The number of Topliss-reactive ketones (excluding diaryl/α,β-unsaturated/α-hetero) is 1. The molecule has 1 N–H and O–H groups in total. The van der Waals surface area contributed by atoms with Gasteiger partial charge in [0, 0.05) is 17.7 Å². The van der Waals surface area contributed by atoms with Gasteiger partial charge in [0.1, 0.15) is 5.01 Å². The van der Waals surface area contributed by atoms with Gasteiger partial charge in [-0.2, -0.15) is 0 Å². The van der Waals surface area contributed by atoms with E-state index in [2.05, 4.69) is 5.32 Å². The summed E-state index contributed by atoms with van der Waals surface area (Å²) in [5.74, 6) is 0.829. The second-order valence-corrected chi connectivity index (χ2v) is 8.31. The van der Waals surface area contributed by atoms with Gasteiger partial charge >= 0.3 is 0 Å². The summed E-state index contributed by atoms with van der Waals surface area (Å²) >= 11 is 1.45. The number of ketones is 1. The number of carbonyl (C=O) groups excluding carboxylic acids is 2. The van der Waals surface area contributed by atoms with Crippen molar-refractivity contribution in [3.05, 3.63) is 70.2 Å². The number of benzene rings is 2. The minimum absolute atomic E-state index is 0.0291. The maximum atomic E-state index is 13.1. The lowest BCUT2D eigenvalue weighted by Crippen LogP contribution is -2.28. The van der Waals surface area contributed by atoms with Gasteiger partial charge in [-0.15, -0.1) is 11.3 Å². The van der Waals surface area contributed by atoms with E-state index >= 15 is 0 Å². The highest BCUT2D eigenvalue weighted by Crippen LogP contribution is 2.36. The summed E-state index contributed by atoms with van der Waals surface area (Å²) in [6.45, 7) is 2.32. The molecule has 1 aliphatic carbocycles. The molecule has 1 aromatic heterocycles. The predicted octanol–water partition coefficient (Wildman–Crippen LogP) is 4.55. The number of fused-ring (bicyclic) bond motifs is 1. The largest absolute Gasteiger partial charge is 0.493 e. The van der Waals surface area contributed by atoms with Gasteiger partial charge in [-0.05, 0) is 43.5 Å². The van der Waals surface area contributed by atoms with E-state index in [4.69, 9.17) is 14.5 Å². The van der Waals surface area contributed by atoms with Crippen LogP contribution in [0.4, 0.5) is 0 Å². The van der Waals surface area contributed by atoms with Gasteiger partial charge in [0.2, 0.25) is 5.78 Å². The average molecular weight is 449 g/mol. The molecular weight excluding hydrogens is 424 g/mol. The lowest BCUT2D eigenvalue weighted by atomic mass is 9.94. The van der Waals surface area contributed by atoms with E-state index in [9.17, 15) is 9.59 Å². The zero-order chi connectivity index (χ0) is 22.5. The Labute approximate surface area is 190 Å². The molecule has 1 amide bonds. The monoisotopic (exact) mass is 448 g/mol. The lowest BCUT2D eigenvalue weighted by molar-refractivity contribution is -0.123. The highest BCUT2D eigenvalue weighted by Gasteiger charge is 2.26. The molecular formula is C25H24N2O4S. The third-order valence-electron chi connectivity index (χ3n) is 5.11. The molecule has 1 heterocycles. The second-order valence-electron chi connectivity index (χ2n) is 7.31. The zero-order valence-electron chi connectivity index (χ0n) is 18.0. The van der Waals surface area contributed by atoms with Gasteiger partial charge in [0.05, 0.1) is 17.7 Å². The van der Waals surface area contributed by atoms with Crippen molar-refractivity contribution in [1.29, 1.82) is 0 Å². The van der Waals surface area contributed by atoms with Gasteiger partial charge in [-0.1, -0.05) is 36.4 Å². The first-order valence-electron chi connectivity index (χ1n) is 10.5. The van der Waals surface area contributed by atoms with Gasteiger partial charge in [-0.3, -0.25) is 9.59 Å². The highest BCUT2D eigenvalue weighted by atomic mass is 32.1. The molecule has 32 heavy (non-hydrogen) atoms. The van der Waals surface area contributed by atoms with Crippen LogP contribution < -0.4 is 14.8 Å². The molecule has 0 saturated carbocycles. The predicted molar refractivity (Wildman–Crippen MR) is 125 cm³/mol. The van der Waals surface area contributed by atoms with E-state index in [0.717, 1.165) is 38.7 Å². The first-order chi connectivity index (χ1) is 15.6. The summed E-state index contributed by atoms with van der Waals surface area (Å²) < 4.78 is 11.0. The van der Waals surface area contributed by atoms with Crippen molar-refractivity contribution < 1.29 is 19.1 Å². The van der Waals surface area contributed by atoms with Crippen molar-refractivity contribution in [1.82, 2.24) is 10.3 Å². The van der Waals surface area contributed by atoms with Crippen LogP contribution in [0.3, 0.4) is 0 Å². The highest BCUT2D eigenvalue weighted by molar-refractivity contribution is 7.17. The molecule has 2 aromatic carbocycles. The van der Waals surface area contributed by atoms with Crippen LogP contribution in [0, 0.1) is 0 Å². The summed E-state index contributed by atoms with van der Waals surface area (Å²) in [5.41, 5.74) is 3.49. The Kier molecular flexibility index (Phi) is 6.66. The molecule has 0 spiro atoms. The van der Waals surface area contributed by atoms with Crippen LogP contribution in [0.1, 0.15) is 34.3 Å². The van der Waals surface area contributed by atoms with Crippen LogP contribution in [-0.2, 0) is 11.2 Å². The number of ether oxygens (including phenoxy) is 2. The number of aryl methyl sites for hydroxylation is 1. The van der Waals surface area contributed by atoms with Crippen molar-refractivity contribution in [2.24, 2.45) is 0 Å². The van der Waals surface area contributed by atoms with Crippen molar-refractivity contribution in [2.45, 2.75) is 19.8 Å². The molecule has 164 valence electrons. The second kappa shape index (κ2) is 9.78. The first-order valence-corrected chi connectivity index (χ1v) is 11.3. The lowest BCUT2D eigenvalue weighted by Gasteiger charge is -2.14. The summed E-state index contributed by atoms with van der Waals surface area (Å²) in [4.78, 5) is 30.2. The van der Waals surface area contributed by atoms with Crippen LogP contribution in [0.25, 0.3) is 16.6 Å². The minimum Gasteiger partial charge on any atom is -0.493 e. The number of carbonyl (C=O) groups is 2. The maximum Gasteiger partial charge on any atom is 0.257 e. The number of allylic oxidation sites excluding steroid dienone is 1. The van der Waals surface area contributed by atoms with E-state index in [0.29, 0.717) is 24.5 Å². The molecule has 0 radical (unpaired) electrons. The number of amides is 1. The molecule has 0 unspecified atom stereocenters. The molecule has 4 rings (SSSR count). The summed E-state index contributed by atoms with van der Waals surface area (Å²) in [6, 6.07) is 15.3. The Bertz CT molecular complexity index is 1170. The number of nitrogens with one attached hydrogen (secondary N) is 1. The summed E-state index contributed by atoms with van der Waals surface area (Å²) in [5, 5.41) is 3.56. The molecule has 0 saturated heterocycles. The Morgan fingerprint density at radius 1 is 1.16 bits per heavy atom. The van der Waals surface area contributed by atoms with E-state index in [1.807, 2.05) is 55.5 Å². The molecule has 0 aliphatic heterocycles. The average Bonchev–Trinajstić information content (AvgIpc) is 3.26. The third-order valence-corrected chi connectivity index (χ3v) is 6.25. The van der Waals surface area contributed by atoms with Gasteiger partial charge in [-0.25, -0.2) is 4.98 Å². The number of methoxy groups -OCH3 is 1. The normalized spacial score (nSPS) is 14.2. The number of nitrogens with zero attached hydrogens (tertiary/aromatic N) is 1. The van der Waals surface area contributed by atoms with E-state index < -0.39 is 0 Å². The Morgan fingerprint density at radius 3 is 2.72 bits per heavy atom. The molecule has 7 heteroatoms. The number of thiazole rings is 1. The first kappa shape index (κ1) is 21.8. The smallest absolute Gasteiger partial charge is 0.257 e. The molecule has 1 aliphatic rings. The van der Waals surface area contributed by atoms with Crippen LogP contribution in [0.15, 0.2) is 54.1 Å². The van der Waals surface area contributed by atoms with Crippen molar-refractivity contribution >= 4 is 29.1 Å². The number of aromatic nitrogens is 1. The van der Waals surface area contributed by atoms with Gasteiger partial charge in [0.15, 0.2) is 18.1 Å². The number of hydrogen-bond acceptors (Lipinski definition) is 6. The van der Waals surface area contributed by atoms with Crippen LogP contribution in [-0.4, -0.2) is 36.9 Å². The topological polar surface area (TPSA) is 77.5 Å². The Balaban J connectivity index is 1.54. The fourth-order valence-corrected chi connectivity index (χ4v) is 4.63. The SMILES string of the molecule is CCNC(=O)COc1ccc(/C=C2/CCc3nc(-c4ccccc4)sc3C2=O)cc1OC. The van der Waals surface area contributed by atoms with E-state index in [-0.39, 0.29) is 18.3 Å². The summed E-state index contributed by atoms with van der Waals surface area (Å²) in [6.07, 6.45) is 3.27.